The van der Waals surface area contributed by atoms with Crippen molar-refractivity contribution < 1.29 is 9.53 Å². The van der Waals surface area contributed by atoms with E-state index in [1.807, 2.05) is 30.3 Å². The molecule has 224 valence electrons. The Hall–Kier alpha value is -2.39. The molecule has 4 aromatic rings. The second-order valence-electron chi connectivity index (χ2n) is 11.6. The van der Waals surface area contributed by atoms with Crippen molar-refractivity contribution in [3.63, 3.8) is 0 Å². The molecule has 0 saturated carbocycles. The number of anilines is 2. The van der Waals surface area contributed by atoms with Crippen LogP contribution in [-0.4, -0.2) is 32.1 Å². The van der Waals surface area contributed by atoms with E-state index in [1.54, 1.807) is 0 Å². The van der Waals surface area contributed by atoms with Crippen molar-refractivity contribution in [1.29, 1.82) is 0 Å². The molecule has 3 aliphatic heterocycles. The zero-order chi connectivity index (χ0) is 30.4. The van der Waals surface area contributed by atoms with Crippen molar-refractivity contribution in [2.75, 3.05) is 36.0 Å². The first-order chi connectivity index (χ1) is 21.4. The third kappa shape index (κ3) is 5.40. The lowest BCUT2D eigenvalue weighted by Crippen LogP contribution is -2.27. The molecule has 0 aliphatic carbocycles. The minimum absolute atomic E-state index is 0.359. The minimum Gasteiger partial charge on any atom is -0.441 e. The van der Waals surface area contributed by atoms with Gasteiger partial charge in [0.05, 0.1) is 5.56 Å². The van der Waals surface area contributed by atoms with Crippen LogP contribution in [0.5, 0.6) is 0 Å². The average Bonchev–Trinajstić information content (AvgIpc) is 3.82. The normalized spacial score (nSPS) is 19.3. The SMILES string of the molecule is O=C1OC(C=C(c2ccc(N3CCCC3)cc2)c2ccc(N3CCCC3)cc2)(c2ccc(Br)c(Br)c2Br)c2cccc(Br)c21. The summed E-state index contributed by atoms with van der Waals surface area (Å²) in [4.78, 5) is 18.5. The summed E-state index contributed by atoms with van der Waals surface area (Å²) in [6, 6.07) is 27.5. The molecule has 4 aromatic carbocycles. The lowest BCUT2D eigenvalue weighted by atomic mass is 9.81. The van der Waals surface area contributed by atoms with E-state index in [4.69, 9.17) is 4.74 Å². The molecule has 0 spiro atoms. The summed E-state index contributed by atoms with van der Waals surface area (Å²) >= 11 is 14.9. The highest BCUT2D eigenvalue weighted by Gasteiger charge is 2.48. The Bertz CT molecular complexity index is 1700. The van der Waals surface area contributed by atoms with Crippen LogP contribution in [0, 0.1) is 0 Å². The number of hydrogen-bond donors (Lipinski definition) is 0. The van der Waals surface area contributed by atoms with Gasteiger partial charge in [0, 0.05) is 66.6 Å². The fourth-order valence-corrected chi connectivity index (χ4v) is 8.79. The molecule has 3 heterocycles. The van der Waals surface area contributed by atoms with Gasteiger partial charge in [0.1, 0.15) is 0 Å². The summed E-state index contributed by atoms with van der Waals surface area (Å²) in [6.07, 6.45) is 7.07. The number of hydrogen-bond acceptors (Lipinski definition) is 4. The lowest BCUT2D eigenvalue weighted by molar-refractivity contribution is 0.0274. The number of halogens is 4. The molecular weight excluding hydrogens is 812 g/mol. The van der Waals surface area contributed by atoms with E-state index in [2.05, 4.69) is 128 Å². The number of cyclic esters (lactones) is 1. The number of carbonyl (C=O) groups excluding carboxylic acids is 1. The van der Waals surface area contributed by atoms with Gasteiger partial charge in [-0.3, -0.25) is 0 Å². The predicted octanol–water partition coefficient (Wildman–Crippen LogP) is 10.5. The molecule has 2 saturated heterocycles. The highest BCUT2D eigenvalue weighted by Crippen LogP contribution is 2.51. The monoisotopic (exact) mass is 838 g/mol. The summed E-state index contributed by atoms with van der Waals surface area (Å²) in [5.74, 6) is -0.359. The Morgan fingerprint density at radius 1 is 0.636 bits per heavy atom. The van der Waals surface area contributed by atoms with Crippen molar-refractivity contribution in [1.82, 2.24) is 0 Å². The molecule has 0 bridgehead atoms. The Balaban J connectivity index is 1.45. The first-order valence-corrected chi connectivity index (χ1v) is 18.1. The Morgan fingerprint density at radius 3 is 1.73 bits per heavy atom. The van der Waals surface area contributed by atoms with Crippen LogP contribution in [0.3, 0.4) is 0 Å². The third-order valence-electron chi connectivity index (χ3n) is 8.95. The Kier molecular flexibility index (Phi) is 8.55. The van der Waals surface area contributed by atoms with Gasteiger partial charge >= 0.3 is 5.97 Å². The predicted molar refractivity (Wildman–Crippen MR) is 193 cm³/mol. The van der Waals surface area contributed by atoms with Gasteiger partial charge in [-0.2, -0.15) is 0 Å². The van der Waals surface area contributed by atoms with Gasteiger partial charge in [-0.05, 0) is 149 Å². The molecule has 1 unspecified atom stereocenters. The van der Waals surface area contributed by atoms with Gasteiger partial charge in [-0.15, -0.1) is 0 Å². The van der Waals surface area contributed by atoms with E-state index >= 15 is 0 Å². The Morgan fingerprint density at radius 2 is 1.18 bits per heavy atom. The van der Waals surface area contributed by atoms with Gasteiger partial charge < -0.3 is 14.5 Å². The van der Waals surface area contributed by atoms with E-state index in [9.17, 15) is 4.79 Å². The largest absolute Gasteiger partial charge is 0.441 e. The second-order valence-corrected chi connectivity index (χ2v) is 14.8. The van der Waals surface area contributed by atoms with Gasteiger partial charge in [0.25, 0.3) is 0 Å². The number of rotatable bonds is 6. The summed E-state index contributed by atoms with van der Waals surface area (Å²) < 4.78 is 9.81. The molecule has 1 atom stereocenters. The zero-order valence-corrected chi connectivity index (χ0v) is 30.3. The molecule has 0 amide bonds. The number of benzene rings is 4. The standard InChI is InChI=1S/C36H30Br4N2O2/c37-30-7-5-6-28-32(30)35(43)44-36(28,29-16-17-31(38)34(40)33(29)39)22-27(23-8-12-25(13-9-23)41-18-1-2-19-41)24-10-14-26(15-11-24)42-20-3-4-21-42/h5-17,22H,1-4,18-21H2. The highest BCUT2D eigenvalue weighted by atomic mass is 79.9. The van der Waals surface area contributed by atoms with E-state index in [-0.39, 0.29) is 5.97 Å². The second kappa shape index (κ2) is 12.4. The maximum Gasteiger partial charge on any atom is 0.341 e. The third-order valence-corrected chi connectivity index (χ3v) is 13.0. The highest BCUT2D eigenvalue weighted by molar-refractivity contribution is 9.14. The number of ether oxygens (including phenoxy) is 1. The zero-order valence-electron chi connectivity index (χ0n) is 24.0. The molecule has 8 heteroatoms. The van der Waals surface area contributed by atoms with Crippen molar-refractivity contribution >= 4 is 86.6 Å². The molecule has 0 N–H and O–H groups in total. The van der Waals surface area contributed by atoms with Crippen molar-refractivity contribution in [3.8, 4) is 0 Å². The maximum atomic E-state index is 13.6. The first-order valence-electron chi connectivity index (χ1n) is 15.0. The summed E-state index contributed by atoms with van der Waals surface area (Å²) in [6.45, 7) is 4.38. The molecular formula is C36H30Br4N2O2. The van der Waals surface area contributed by atoms with E-state index in [0.29, 0.717) is 10.0 Å². The fourth-order valence-electron chi connectivity index (χ4n) is 6.68. The van der Waals surface area contributed by atoms with Crippen molar-refractivity contribution in [3.05, 3.63) is 131 Å². The fraction of sp³-hybridized carbons (Fsp3) is 0.250. The number of fused-ring (bicyclic) bond motifs is 1. The lowest BCUT2D eigenvalue weighted by Gasteiger charge is -2.30. The van der Waals surface area contributed by atoms with Crippen LogP contribution < -0.4 is 9.80 Å². The number of nitrogens with zero attached hydrogens (tertiary/aromatic N) is 2. The van der Waals surface area contributed by atoms with Gasteiger partial charge in [-0.25, -0.2) is 4.79 Å². The van der Waals surface area contributed by atoms with Crippen LogP contribution in [0.1, 0.15) is 58.3 Å². The maximum absolute atomic E-state index is 13.6. The van der Waals surface area contributed by atoms with Crippen LogP contribution in [0.4, 0.5) is 11.4 Å². The van der Waals surface area contributed by atoms with Crippen molar-refractivity contribution in [2.45, 2.75) is 31.3 Å². The van der Waals surface area contributed by atoms with Gasteiger partial charge in [-0.1, -0.05) is 42.5 Å². The molecule has 0 aromatic heterocycles. The van der Waals surface area contributed by atoms with Crippen molar-refractivity contribution in [2.24, 2.45) is 0 Å². The molecule has 4 nitrogen and oxygen atoms in total. The van der Waals surface area contributed by atoms with Crippen LogP contribution in [-0.2, 0) is 10.3 Å². The number of esters is 1. The molecule has 44 heavy (non-hydrogen) atoms. The quantitative estimate of drug-likeness (QED) is 0.143. The summed E-state index contributed by atoms with van der Waals surface area (Å²) in [5, 5.41) is 0. The molecule has 0 radical (unpaired) electrons. The molecule has 2 fully saturated rings. The topological polar surface area (TPSA) is 32.8 Å². The minimum atomic E-state index is -1.19. The number of carbonyl (C=O) groups is 1. The van der Waals surface area contributed by atoms with Crippen LogP contribution in [0.15, 0.2) is 103 Å². The molecule has 7 rings (SSSR count). The van der Waals surface area contributed by atoms with Crippen LogP contribution in [0.25, 0.3) is 5.57 Å². The van der Waals surface area contributed by atoms with E-state index < -0.39 is 5.60 Å². The Labute approximate surface area is 292 Å². The molecule has 3 aliphatic rings. The van der Waals surface area contributed by atoms with E-state index in [1.165, 1.54) is 37.1 Å². The first kappa shape index (κ1) is 30.3. The van der Waals surface area contributed by atoms with E-state index in [0.717, 1.165) is 67.4 Å². The smallest absolute Gasteiger partial charge is 0.341 e. The van der Waals surface area contributed by atoms with Crippen LogP contribution in [0.2, 0.25) is 0 Å². The summed E-state index contributed by atoms with van der Waals surface area (Å²) in [7, 11) is 0. The average molecular weight is 842 g/mol. The van der Waals surface area contributed by atoms with Crippen LogP contribution >= 0.6 is 63.7 Å². The summed E-state index contributed by atoms with van der Waals surface area (Å²) in [5.41, 5.74) is 6.59. The van der Waals surface area contributed by atoms with Gasteiger partial charge in [0.15, 0.2) is 5.60 Å². The van der Waals surface area contributed by atoms with Gasteiger partial charge in [0.2, 0.25) is 0 Å².